The van der Waals surface area contributed by atoms with Crippen molar-refractivity contribution in [3.05, 3.63) is 28.2 Å². The Balaban J connectivity index is 3.08. The van der Waals surface area contributed by atoms with Gasteiger partial charge in [-0.1, -0.05) is 22.9 Å². The van der Waals surface area contributed by atoms with Crippen LogP contribution >= 0.6 is 15.9 Å². The Labute approximate surface area is 106 Å². The van der Waals surface area contributed by atoms with Crippen molar-refractivity contribution in [2.24, 2.45) is 0 Å². The maximum Gasteiger partial charge on any atom is 0.341 e. The van der Waals surface area contributed by atoms with Crippen LogP contribution in [-0.4, -0.2) is 17.7 Å². The smallest absolute Gasteiger partial charge is 0.341 e. The van der Waals surface area contributed by atoms with Crippen LogP contribution in [0, 0.1) is 0 Å². The van der Waals surface area contributed by atoms with E-state index in [2.05, 4.69) is 15.9 Å². The third-order valence-electron chi connectivity index (χ3n) is 2.13. The highest BCUT2D eigenvalue weighted by atomic mass is 79.9. The second kappa shape index (κ2) is 5.44. The Morgan fingerprint density at radius 3 is 2.71 bits per heavy atom. The largest absolute Gasteiger partial charge is 0.481 e. The second-order valence-electron chi connectivity index (χ2n) is 3.38. The summed E-state index contributed by atoms with van der Waals surface area (Å²) in [6, 6.07) is 4.08. The van der Waals surface area contributed by atoms with Gasteiger partial charge in [0.05, 0.1) is 5.56 Å². The number of hydrogen-bond donors (Lipinski definition) is 1. The number of ether oxygens (including phenoxy) is 1. The summed E-state index contributed by atoms with van der Waals surface area (Å²) in [5, 5.41) is 8.46. The van der Waals surface area contributed by atoms with Gasteiger partial charge in [-0.25, -0.2) is 13.6 Å². The van der Waals surface area contributed by atoms with Gasteiger partial charge in [-0.05, 0) is 18.2 Å². The summed E-state index contributed by atoms with van der Waals surface area (Å²) in [6.07, 6.45) is -0.382. The molecule has 0 spiro atoms. The molecule has 0 heterocycles. The lowest BCUT2D eigenvalue weighted by atomic mass is 10.1. The predicted molar refractivity (Wildman–Crippen MR) is 61.5 cm³/mol. The molecule has 0 aromatic heterocycles. The number of carboxylic acids is 1. The highest BCUT2D eigenvalue weighted by Gasteiger charge is 2.32. The number of halogens is 3. The summed E-state index contributed by atoms with van der Waals surface area (Å²) < 4.78 is 32.5. The normalized spacial score (nSPS) is 11.3. The van der Waals surface area contributed by atoms with Gasteiger partial charge in [-0.2, -0.15) is 0 Å². The van der Waals surface area contributed by atoms with Gasteiger partial charge in [0.15, 0.2) is 6.61 Å². The van der Waals surface area contributed by atoms with E-state index in [1.54, 1.807) is 0 Å². The number of benzene rings is 1. The molecule has 6 heteroatoms. The highest BCUT2D eigenvalue weighted by Crippen LogP contribution is 2.39. The molecule has 1 aromatic carbocycles. The molecule has 94 valence electrons. The fourth-order valence-corrected chi connectivity index (χ4v) is 1.60. The molecule has 0 unspecified atom stereocenters. The van der Waals surface area contributed by atoms with Crippen molar-refractivity contribution in [2.75, 3.05) is 6.61 Å². The van der Waals surface area contributed by atoms with Crippen molar-refractivity contribution >= 4 is 21.9 Å². The van der Waals surface area contributed by atoms with E-state index in [-0.39, 0.29) is 17.7 Å². The van der Waals surface area contributed by atoms with Crippen molar-refractivity contribution in [1.29, 1.82) is 0 Å². The number of hydrogen-bond acceptors (Lipinski definition) is 2. The monoisotopic (exact) mass is 308 g/mol. The topological polar surface area (TPSA) is 46.5 Å². The molecule has 0 atom stereocenters. The fourth-order valence-electron chi connectivity index (χ4n) is 1.24. The van der Waals surface area contributed by atoms with E-state index in [4.69, 9.17) is 9.84 Å². The van der Waals surface area contributed by atoms with Gasteiger partial charge < -0.3 is 9.84 Å². The van der Waals surface area contributed by atoms with Gasteiger partial charge in [0, 0.05) is 10.9 Å². The first-order valence-electron chi connectivity index (χ1n) is 4.89. The molecule has 0 aliphatic heterocycles. The highest BCUT2D eigenvalue weighted by molar-refractivity contribution is 9.10. The van der Waals surface area contributed by atoms with E-state index < -0.39 is 18.5 Å². The third-order valence-corrected chi connectivity index (χ3v) is 2.62. The standard InChI is InChI=1S/C11H11BrF2O3/c1-2-11(13,14)8-5-7(12)3-4-9(8)17-6-10(15)16/h3-5H,2,6H2,1H3,(H,15,16). The summed E-state index contributed by atoms with van der Waals surface area (Å²) in [6.45, 7) is 0.705. The number of carbonyl (C=O) groups is 1. The number of rotatable bonds is 5. The molecule has 1 rings (SSSR count). The van der Waals surface area contributed by atoms with Crippen LogP contribution in [0.2, 0.25) is 0 Å². The molecule has 1 N–H and O–H groups in total. The van der Waals surface area contributed by atoms with Crippen molar-refractivity contribution in [3.63, 3.8) is 0 Å². The lowest BCUT2D eigenvalue weighted by Gasteiger charge is -2.18. The van der Waals surface area contributed by atoms with Crippen LogP contribution in [0.5, 0.6) is 5.75 Å². The summed E-state index contributed by atoms with van der Waals surface area (Å²) in [4.78, 5) is 10.3. The Bertz CT molecular complexity index is 421. The Morgan fingerprint density at radius 2 is 2.18 bits per heavy atom. The lowest BCUT2D eigenvalue weighted by Crippen LogP contribution is -2.16. The van der Waals surface area contributed by atoms with Crippen molar-refractivity contribution < 1.29 is 23.4 Å². The zero-order chi connectivity index (χ0) is 13.1. The van der Waals surface area contributed by atoms with E-state index >= 15 is 0 Å². The SMILES string of the molecule is CCC(F)(F)c1cc(Br)ccc1OCC(=O)O. The minimum Gasteiger partial charge on any atom is -0.481 e. The molecule has 0 saturated heterocycles. The van der Waals surface area contributed by atoms with E-state index in [0.29, 0.717) is 4.47 Å². The summed E-state index contributed by atoms with van der Waals surface area (Å²) >= 11 is 3.09. The molecular formula is C11H11BrF2O3. The first kappa shape index (κ1) is 13.9. The van der Waals surface area contributed by atoms with Crippen molar-refractivity contribution in [2.45, 2.75) is 19.3 Å². The average Bonchev–Trinajstić information content (AvgIpc) is 2.27. The maximum atomic E-state index is 13.6. The molecule has 1 aromatic rings. The fraction of sp³-hybridized carbons (Fsp3) is 0.364. The van der Waals surface area contributed by atoms with Gasteiger partial charge in [-0.3, -0.25) is 0 Å². The molecule has 0 saturated carbocycles. The van der Waals surface area contributed by atoms with Crippen LogP contribution in [-0.2, 0) is 10.7 Å². The second-order valence-corrected chi connectivity index (χ2v) is 4.30. The average molecular weight is 309 g/mol. The molecule has 0 aliphatic rings. The Kier molecular flexibility index (Phi) is 4.45. The zero-order valence-electron chi connectivity index (χ0n) is 9.04. The maximum absolute atomic E-state index is 13.6. The molecule has 0 fully saturated rings. The van der Waals surface area contributed by atoms with Gasteiger partial charge in [0.1, 0.15) is 5.75 Å². The number of alkyl halides is 2. The first-order chi connectivity index (χ1) is 7.86. The van der Waals surface area contributed by atoms with Gasteiger partial charge in [0.25, 0.3) is 5.92 Å². The van der Waals surface area contributed by atoms with Crippen LogP contribution < -0.4 is 4.74 Å². The molecule has 0 radical (unpaired) electrons. The third kappa shape index (κ3) is 3.66. The molecule has 3 nitrogen and oxygen atoms in total. The van der Waals surface area contributed by atoms with E-state index in [9.17, 15) is 13.6 Å². The van der Waals surface area contributed by atoms with Gasteiger partial charge >= 0.3 is 5.97 Å². The van der Waals surface area contributed by atoms with E-state index in [0.717, 1.165) is 0 Å². The van der Waals surface area contributed by atoms with Crippen LogP contribution in [0.4, 0.5) is 8.78 Å². The molecule has 0 aliphatic carbocycles. The quantitative estimate of drug-likeness (QED) is 0.906. The van der Waals surface area contributed by atoms with Gasteiger partial charge in [-0.15, -0.1) is 0 Å². The summed E-state index contributed by atoms with van der Waals surface area (Å²) in [5.74, 6) is -4.36. The lowest BCUT2D eigenvalue weighted by molar-refractivity contribution is -0.139. The van der Waals surface area contributed by atoms with Crippen LogP contribution in [0.3, 0.4) is 0 Å². The minimum absolute atomic E-state index is 0.109. The molecule has 0 amide bonds. The Morgan fingerprint density at radius 1 is 1.53 bits per heavy atom. The Hall–Kier alpha value is -1.17. The number of aliphatic carboxylic acids is 1. The minimum atomic E-state index is -3.04. The zero-order valence-corrected chi connectivity index (χ0v) is 10.6. The first-order valence-corrected chi connectivity index (χ1v) is 5.68. The van der Waals surface area contributed by atoms with Crippen LogP contribution in [0.25, 0.3) is 0 Å². The van der Waals surface area contributed by atoms with E-state index in [1.165, 1.54) is 25.1 Å². The predicted octanol–water partition coefficient (Wildman–Crippen LogP) is 3.41. The van der Waals surface area contributed by atoms with Crippen molar-refractivity contribution in [1.82, 2.24) is 0 Å². The van der Waals surface area contributed by atoms with E-state index in [1.807, 2.05) is 0 Å². The van der Waals surface area contributed by atoms with Crippen LogP contribution in [0.1, 0.15) is 18.9 Å². The van der Waals surface area contributed by atoms with Gasteiger partial charge in [0.2, 0.25) is 0 Å². The van der Waals surface area contributed by atoms with Crippen molar-refractivity contribution in [3.8, 4) is 5.75 Å². The van der Waals surface area contributed by atoms with Crippen LogP contribution in [0.15, 0.2) is 22.7 Å². The number of carboxylic acid groups (broad SMARTS) is 1. The molecule has 17 heavy (non-hydrogen) atoms. The molecular weight excluding hydrogens is 298 g/mol. The molecule has 0 bridgehead atoms. The summed E-state index contributed by atoms with van der Waals surface area (Å²) in [7, 11) is 0. The summed E-state index contributed by atoms with van der Waals surface area (Å²) in [5.41, 5.74) is -0.310.